The molecule has 0 atom stereocenters. The molecule has 6 nitrogen and oxygen atoms in total. The summed E-state index contributed by atoms with van der Waals surface area (Å²) in [5.74, 6) is 0.444. The van der Waals surface area contributed by atoms with Crippen molar-refractivity contribution in [2.75, 3.05) is 12.8 Å². The van der Waals surface area contributed by atoms with Crippen molar-refractivity contribution in [3.63, 3.8) is 0 Å². The van der Waals surface area contributed by atoms with Crippen molar-refractivity contribution in [3.05, 3.63) is 59.2 Å². The minimum atomic E-state index is 0.0648. The second-order valence-electron chi connectivity index (χ2n) is 6.02. The molecule has 0 saturated heterocycles. The van der Waals surface area contributed by atoms with Crippen LogP contribution in [0.1, 0.15) is 16.7 Å². The Hall–Kier alpha value is -3.43. The highest BCUT2D eigenvalue weighted by atomic mass is 16.3. The van der Waals surface area contributed by atoms with Gasteiger partial charge in [-0.15, -0.1) is 0 Å². The summed E-state index contributed by atoms with van der Waals surface area (Å²) in [5.41, 5.74) is 10.0. The molecule has 0 aliphatic rings. The number of benzene rings is 2. The Morgan fingerprint density at radius 1 is 1.15 bits per heavy atom. The first-order valence-electron chi connectivity index (χ1n) is 8.15. The van der Waals surface area contributed by atoms with Gasteiger partial charge >= 0.3 is 0 Å². The van der Waals surface area contributed by atoms with E-state index in [0.717, 1.165) is 23.2 Å². The van der Waals surface area contributed by atoms with E-state index in [2.05, 4.69) is 21.4 Å². The molecule has 0 aliphatic heterocycles. The summed E-state index contributed by atoms with van der Waals surface area (Å²) in [6.45, 7) is 2.66. The third kappa shape index (κ3) is 3.34. The summed E-state index contributed by atoms with van der Waals surface area (Å²) in [6.07, 6.45) is 0. The topological polar surface area (TPSA) is 108 Å². The number of anilines is 1. The van der Waals surface area contributed by atoms with E-state index in [-0.39, 0.29) is 23.0 Å². The smallest absolute Gasteiger partial charge is 0.165 e. The number of nitrogens with two attached hydrogens (primary N) is 1. The lowest BCUT2D eigenvalue weighted by Crippen LogP contribution is -2.05. The molecule has 1 heterocycles. The summed E-state index contributed by atoms with van der Waals surface area (Å²) in [7, 11) is 1.88. The van der Waals surface area contributed by atoms with Crippen LogP contribution in [0.25, 0.3) is 22.6 Å². The van der Waals surface area contributed by atoms with Crippen LogP contribution in [0.15, 0.2) is 42.5 Å². The van der Waals surface area contributed by atoms with Crippen molar-refractivity contribution >= 4 is 5.82 Å². The van der Waals surface area contributed by atoms with Crippen LogP contribution in [0.4, 0.5) is 5.82 Å². The molecule has 0 unspecified atom stereocenters. The molecular weight excluding hydrogens is 326 g/mol. The maximum atomic E-state index is 10.2. The number of aromatic nitrogens is 2. The number of aryl methyl sites for hydroxylation is 1. The molecule has 3 rings (SSSR count). The van der Waals surface area contributed by atoms with Crippen LogP contribution in [0.5, 0.6) is 5.75 Å². The number of aromatic hydroxyl groups is 1. The van der Waals surface area contributed by atoms with Crippen LogP contribution in [0.3, 0.4) is 0 Å². The van der Waals surface area contributed by atoms with E-state index < -0.39 is 0 Å². The quantitative estimate of drug-likeness (QED) is 0.671. The molecule has 4 N–H and O–H groups in total. The van der Waals surface area contributed by atoms with Crippen LogP contribution in [-0.2, 0) is 6.54 Å². The van der Waals surface area contributed by atoms with Gasteiger partial charge in [-0.05, 0) is 31.7 Å². The van der Waals surface area contributed by atoms with E-state index in [0.29, 0.717) is 11.3 Å². The molecule has 130 valence electrons. The molecular formula is C20H19N5O. The number of hydrogen-bond donors (Lipinski definition) is 3. The van der Waals surface area contributed by atoms with Gasteiger partial charge in [-0.1, -0.05) is 35.9 Å². The number of nitrogen functional groups attached to an aromatic ring is 1. The van der Waals surface area contributed by atoms with Crippen LogP contribution in [0, 0.1) is 18.3 Å². The average molecular weight is 345 g/mol. The first kappa shape index (κ1) is 17.4. The highest BCUT2D eigenvalue weighted by Gasteiger charge is 2.17. The number of nitrogens with zero attached hydrogens (tertiary/aromatic N) is 3. The van der Waals surface area contributed by atoms with E-state index in [1.54, 1.807) is 18.2 Å². The van der Waals surface area contributed by atoms with E-state index in [1.165, 1.54) is 0 Å². The largest absolute Gasteiger partial charge is 0.507 e. The average Bonchev–Trinajstić information content (AvgIpc) is 2.64. The number of rotatable bonds is 4. The van der Waals surface area contributed by atoms with Crippen molar-refractivity contribution in [2.24, 2.45) is 0 Å². The van der Waals surface area contributed by atoms with E-state index in [9.17, 15) is 10.4 Å². The van der Waals surface area contributed by atoms with Gasteiger partial charge in [0.2, 0.25) is 0 Å². The van der Waals surface area contributed by atoms with Crippen LogP contribution in [0.2, 0.25) is 0 Å². The zero-order valence-electron chi connectivity index (χ0n) is 14.6. The molecule has 0 spiro atoms. The molecule has 6 heteroatoms. The van der Waals surface area contributed by atoms with Crippen molar-refractivity contribution in [1.29, 1.82) is 5.26 Å². The van der Waals surface area contributed by atoms with Gasteiger partial charge in [0.25, 0.3) is 0 Å². The number of nitriles is 1. The van der Waals surface area contributed by atoms with Crippen LogP contribution < -0.4 is 11.1 Å². The highest BCUT2D eigenvalue weighted by molar-refractivity contribution is 5.76. The molecule has 3 aromatic rings. The monoisotopic (exact) mass is 345 g/mol. The molecule has 1 aromatic heterocycles. The molecule has 26 heavy (non-hydrogen) atoms. The first-order chi connectivity index (χ1) is 12.5. The third-order valence-electron chi connectivity index (χ3n) is 4.05. The van der Waals surface area contributed by atoms with E-state index in [1.807, 2.05) is 38.2 Å². The zero-order chi connectivity index (χ0) is 18.7. The Morgan fingerprint density at radius 2 is 1.88 bits per heavy atom. The lowest BCUT2D eigenvalue weighted by Gasteiger charge is -2.11. The van der Waals surface area contributed by atoms with Gasteiger partial charge in [0.05, 0.1) is 11.3 Å². The van der Waals surface area contributed by atoms with Crippen LogP contribution in [-0.4, -0.2) is 22.1 Å². The summed E-state index contributed by atoms with van der Waals surface area (Å²) in [5, 5.41) is 22.8. The summed E-state index contributed by atoms with van der Waals surface area (Å²) >= 11 is 0. The van der Waals surface area contributed by atoms with Gasteiger partial charge < -0.3 is 16.2 Å². The normalized spacial score (nSPS) is 10.5. The van der Waals surface area contributed by atoms with Gasteiger partial charge in [0.1, 0.15) is 23.2 Å². The van der Waals surface area contributed by atoms with E-state index >= 15 is 0 Å². The number of nitrogens with one attached hydrogen (secondary N) is 1. The molecule has 0 radical (unpaired) electrons. The Labute approximate surface area is 152 Å². The fraction of sp³-hybridized carbons (Fsp3) is 0.150. The second kappa shape index (κ2) is 7.21. The highest BCUT2D eigenvalue weighted by Crippen LogP contribution is 2.32. The van der Waals surface area contributed by atoms with Crippen molar-refractivity contribution in [1.82, 2.24) is 15.3 Å². The molecule has 0 bridgehead atoms. The zero-order valence-corrected chi connectivity index (χ0v) is 14.6. The molecule has 0 amide bonds. The van der Waals surface area contributed by atoms with Gasteiger partial charge in [-0.2, -0.15) is 5.26 Å². The summed E-state index contributed by atoms with van der Waals surface area (Å²) < 4.78 is 0. The maximum Gasteiger partial charge on any atom is 0.165 e. The van der Waals surface area contributed by atoms with E-state index in [4.69, 9.17) is 5.73 Å². The Morgan fingerprint density at radius 3 is 2.54 bits per heavy atom. The van der Waals surface area contributed by atoms with Gasteiger partial charge in [0.15, 0.2) is 5.82 Å². The van der Waals surface area contributed by atoms with Crippen molar-refractivity contribution < 1.29 is 5.11 Å². The van der Waals surface area contributed by atoms with Crippen molar-refractivity contribution in [3.8, 4) is 34.5 Å². The fourth-order valence-corrected chi connectivity index (χ4v) is 2.73. The summed E-state index contributed by atoms with van der Waals surface area (Å²) in [4.78, 5) is 8.76. The Kier molecular flexibility index (Phi) is 4.83. The molecule has 0 saturated carbocycles. The van der Waals surface area contributed by atoms with Gasteiger partial charge in [-0.25, -0.2) is 9.97 Å². The van der Waals surface area contributed by atoms with Gasteiger partial charge in [0, 0.05) is 12.1 Å². The first-order valence-corrected chi connectivity index (χ1v) is 8.15. The predicted octanol–water partition coefficient (Wildman–Crippen LogP) is 3.00. The SMILES string of the molecule is CNCc1ccc(-c2nc(-c3cc(C)ccc3O)nc(N)c2C#N)cc1. The van der Waals surface area contributed by atoms with Gasteiger partial charge in [-0.3, -0.25) is 0 Å². The summed E-state index contributed by atoms with van der Waals surface area (Å²) in [6, 6.07) is 15.0. The number of phenolic OH excluding ortho intramolecular Hbond substituents is 1. The Bertz CT molecular complexity index is 990. The predicted molar refractivity (Wildman–Crippen MR) is 101 cm³/mol. The maximum absolute atomic E-state index is 10.2. The molecule has 0 fully saturated rings. The number of phenols is 1. The third-order valence-corrected chi connectivity index (χ3v) is 4.05. The second-order valence-corrected chi connectivity index (χ2v) is 6.02. The Balaban J connectivity index is 2.17. The number of hydrogen-bond acceptors (Lipinski definition) is 6. The molecule has 0 aliphatic carbocycles. The molecule has 2 aromatic carbocycles. The fourth-order valence-electron chi connectivity index (χ4n) is 2.73. The van der Waals surface area contributed by atoms with Crippen molar-refractivity contribution in [2.45, 2.75) is 13.5 Å². The minimum Gasteiger partial charge on any atom is -0.507 e. The lowest BCUT2D eigenvalue weighted by atomic mass is 10.0. The minimum absolute atomic E-state index is 0.0648. The van der Waals surface area contributed by atoms with Crippen LogP contribution >= 0.6 is 0 Å². The lowest BCUT2D eigenvalue weighted by molar-refractivity contribution is 0.477. The standard InChI is InChI=1S/C20H19N5O/c1-12-3-8-17(26)15(9-12)20-24-18(16(10-21)19(22)25-20)14-6-4-13(5-7-14)11-23-2/h3-9,23,26H,11H2,1-2H3,(H2,22,24,25).